The van der Waals surface area contributed by atoms with Crippen molar-refractivity contribution in [2.75, 3.05) is 18.4 Å². The topological polar surface area (TPSA) is 41.1 Å². The van der Waals surface area contributed by atoms with Crippen LogP contribution >= 0.6 is 34.2 Å². The van der Waals surface area contributed by atoms with E-state index < -0.39 is 0 Å². The number of anilines is 1. The van der Waals surface area contributed by atoms with Gasteiger partial charge in [0.1, 0.15) is 0 Å². The van der Waals surface area contributed by atoms with Gasteiger partial charge in [0.15, 0.2) is 0 Å². The number of benzene rings is 1. The van der Waals surface area contributed by atoms with Crippen LogP contribution in [0.15, 0.2) is 18.2 Å². The number of carbonyl (C=O) groups excluding carboxylic acids is 1. The molecule has 5 heteroatoms. The zero-order chi connectivity index (χ0) is 14.8. The van der Waals surface area contributed by atoms with Crippen LogP contribution < -0.4 is 10.6 Å². The van der Waals surface area contributed by atoms with Crippen molar-refractivity contribution in [2.45, 2.75) is 26.7 Å². The van der Waals surface area contributed by atoms with Gasteiger partial charge in [-0.25, -0.2) is 0 Å². The molecule has 0 aliphatic carbocycles. The van der Waals surface area contributed by atoms with Crippen LogP contribution in [0.2, 0.25) is 5.02 Å². The fraction of sp³-hybridized carbons (Fsp3) is 0.533. The first-order valence-corrected chi connectivity index (χ1v) is 8.34. The van der Waals surface area contributed by atoms with E-state index in [4.69, 9.17) is 11.6 Å². The fourth-order valence-electron chi connectivity index (χ4n) is 2.53. The van der Waals surface area contributed by atoms with Crippen molar-refractivity contribution >= 4 is 45.8 Å². The highest BCUT2D eigenvalue weighted by atomic mass is 127. The Labute approximate surface area is 139 Å². The molecular formula is C15H20ClIN2O. The Hall–Kier alpha value is -0.330. The maximum atomic E-state index is 12.6. The SMILES string of the molecule is CC(C)(C(=O)Nc1ccc(Cl)cc1I)C1CCCNC1. The number of hydrogen-bond acceptors (Lipinski definition) is 2. The summed E-state index contributed by atoms with van der Waals surface area (Å²) in [5.41, 5.74) is 0.452. The summed E-state index contributed by atoms with van der Waals surface area (Å²) in [5, 5.41) is 7.11. The van der Waals surface area contributed by atoms with Gasteiger partial charge in [-0.1, -0.05) is 25.4 Å². The van der Waals surface area contributed by atoms with E-state index in [1.807, 2.05) is 26.0 Å². The average molecular weight is 407 g/mol. The van der Waals surface area contributed by atoms with Crippen molar-refractivity contribution in [3.8, 4) is 0 Å². The minimum Gasteiger partial charge on any atom is -0.325 e. The summed E-state index contributed by atoms with van der Waals surface area (Å²) in [6.07, 6.45) is 2.24. The van der Waals surface area contributed by atoms with Gasteiger partial charge in [0, 0.05) is 14.0 Å². The Morgan fingerprint density at radius 3 is 2.85 bits per heavy atom. The molecule has 1 unspecified atom stereocenters. The van der Waals surface area contributed by atoms with Gasteiger partial charge in [0.25, 0.3) is 0 Å². The lowest BCUT2D eigenvalue weighted by Crippen LogP contribution is -2.44. The molecule has 1 amide bonds. The molecule has 1 aliphatic rings. The molecule has 0 bridgehead atoms. The number of amides is 1. The van der Waals surface area contributed by atoms with Crippen molar-refractivity contribution in [3.63, 3.8) is 0 Å². The number of halogens is 2. The van der Waals surface area contributed by atoms with Crippen LogP contribution in [0.25, 0.3) is 0 Å². The second kappa shape index (κ2) is 6.62. The number of hydrogen-bond donors (Lipinski definition) is 2. The zero-order valence-corrected chi connectivity index (χ0v) is 14.7. The lowest BCUT2D eigenvalue weighted by molar-refractivity contribution is -0.127. The summed E-state index contributed by atoms with van der Waals surface area (Å²) in [7, 11) is 0. The third-order valence-electron chi connectivity index (χ3n) is 4.08. The highest BCUT2D eigenvalue weighted by Crippen LogP contribution is 2.33. The summed E-state index contributed by atoms with van der Waals surface area (Å²) in [6.45, 7) is 6.03. The van der Waals surface area contributed by atoms with E-state index in [-0.39, 0.29) is 11.3 Å². The Morgan fingerprint density at radius 2 is 2.25 bits per heavy atom. The molecule has 20 heavy (non-hydrogen) atoms. The van der Waals surface area contributed by atoms with E-state index in [2.05, 4.69) is 33.2 Å². The smallest absolute Gasteiger partial charge is 0.230 e. The van der Waals surface area contributed by atoms with Crippen LogP contribution in [0.3, 0.4) is 0 Å². The maximum Gasteiger partial charge on any atom is 0.230 e. The molecule has 2 rings (SSSR count). The van der Waals surface area contributed by atoms with Crippen molar-refractivity contribution in [3.05, 3.63) is 26.8 Å². The number of nitrogens with one attached hydrogen (secondary N) is 2. The molecule has 1 saturated heterocycles. The van der Waals surface area contributed by atoms with Crippen molar-refractivity contribution < 1.29 is 4.79 Å². The van der Waals surface area contributed by atoms with Crippen LogP contribution in [0, 0.1) is 14.9 Å². The van der Waals surface area contributed by atoms with Crippen molar-refractivity contribution in [1.29, 1.82) is 0 Å². The van der Waals surface area contributed by atoms with Gasteiger partial charge in [-0.05, 0) is 72.6 Å². The first-order valence-electron chi connectivity index (χ1n) is 6.88. The fourth-order valence-corrected chi connectivity index (χ4v) is 3.53. The van der Waals surface area contributed by atoms with Gasteiger partial charge >= 0.3 is 0 Å². The van der Waals surface area contributed by atoms with Crippen LogP contribution in [0.1, 0.15) is 26.7 Å². The molecule has 1 aromatic rings. The number of carbonyl (C=O) groups is 1. The Balaban J connectivity index is 2.09. The quantitative estimate of drug-likeness (QED) is 0.747. The van der Waals surface area contributed by atoms with Crippen LogP contribution in [0.5, 0.6) is 0 Å². The first-order chi connectivity index (χ1) is 9.41. The van der Waals surface area contributed by atoms with Crippen molar-refractivity contribution in [2.24, 2.45) is 11.3 Å². The molecule has 1 aromatic carbocycles. The number of piperidine rings is 1. The summed E-state index contributed by atoms with van der Waals surface area (Å²) in [4.78, 5) is 12.6. The standard InChI is InChI=1S/C15H20ClIN2O/c1-15(2,10-4-3-7-18-9-10)14(20)19-13-6-5-11(16)8-12(13)17/h5-6,8,10,18H,3-4,7,9H2,1-2H3,(H,19,20). The summed E-state index contributed by atoms with van der Waals surface area (Å²) >= 11 is 8.13. The van der Waals surface area contributed by atoms with E-state index >= 15 is 0 Å². The van der Waals surface area contributed by atoms with Gasteiger partial charge in [-0.3, -0.25) is 4.79 Å². The van der Waals surface area contributed by atoms with Crippen LogP contribution in [-0.4, -0.2) is 19.0 Å². The van der Waals surface area contributed by atoms with Crippen LogP contribution in [0.4, 0.5) is 5.69 Å². The molecule has 1 heterocycles. The third-order valence-corrected chi connectivity index (χ3v) is 5.21. The maximum absolute atomic E-state index is 12.6. The van der Waals surface area contributed by atoms with E-state index in [1.54, 1.807) is 6.07 Å². The summed E-state index contributed by atoms with van der Waals surface area (Å²) in [5.74, 6) is 0.452. The Bertz CT molecular complexity index is 499. The second-order valence-electron chi connectivity index (χ2n) is 5.84. The molecule has 2 N–H and O–H groups in total. The molecule has 1 aliphatic heterocycles. The van der Waals surface area contributed by atoms with Crippen molar-refractivity contribution in [1.82, 2.24) is 5.32 Å². The van der Waals surface area contributed by atoms with Gasteiger partial charge in [0.2, 0.25) is 5.91 Å². The highest BCUT2D eigenvalue weighted by Gasteiger charge is 2.37. The molecule has 0 saturated carbocycles. The van der Waals surface area contributed by atoms with E-state index in [9.17, 15) is 4.79 Å². The predicted molar refractivity (Wildman–Crippen MR) is 92.2 cm³/mol. The summed E-state index contributed by atoms with van der Waals surface area (Å²) < 4.78 is 0.959. The largest absolute Gasteiger partial charge is 0.325 e. The third kappa shape index (κ3) is 3.65. The van der Waals surface area contributed by atoms with Crippen LogP contribution in [-0.2, 0) is 4.79 Å². The zero-order valence-electron chi connectivity index (χ0n) is 11.8. The lowest BCUT2D eigenvalue weighted by Gasteiger charge is -2.36. The predicted octanol–water partition coefficient (Wildman–Crippen LogP) is 3.91. The molecule has 0 radical (unpaired) electrons. The minimum atomic E-state index is -0.379. The Morgan fingerprint density at radius 1 is 1.50 bits per heavy atom. The van der Waals surface area contributed by atoms with E-state index in [0.29, 0.717) is 10.9 Å². The first kappa shape index (κ1) is 16.0. The van der Waals surface area contributed by atoms with Gasteiger partial charge in [0.05, 0.1) is 5.69 Å². The average Bonchev–Trinajstić information content (AvgIpc) is 2.42. The molecule has 3 nitrogen and oxygen atoms in total. The number of rotatable bonds is 3. The monoisotopic (exact) mass is 406 g/mol. The van der Waals surface area contributed by atoms with Gasteiger partial charge in [-0.15, -0.1) is 0 Å². The molecule has 1 fully saturated rings. The molecular weight excluding hydrogens is 387 g/mol. The Kier molecular flexibility index (Phi) is 5.31. The summed E-state index contributed by atoms with van der Waals surface area (Å²) in [6, 6.07) is 5.51. The highest BCUT2D eigenvalue weighted by molar-refractivity contribution is 14.1. The minimum absolute atomic E-state index is 0.0754. The van der Waals surface area contributed by atoms with E-state index in [1.165, 1.54) is 0 Å². The second-order valence-corrected chi connectivity index (χ2v) is 7.44. The van der Waals surface area contributed by atoms with Gasteiger partial charge < -0.3 is 10.6 Å². The molecule has 110 valence electrons. The molecule has 1 atom stereocenters. The van der Waals surface area contributed by atoms with E-state index in [0.717, 1.165) is 35.2 Å². The normalized spacial score (nSPS) is 19.7. The molecule has 0 spiro atoms. The molecule has 0 aromatic heterocycles. The lowest BCUT2D eigenvalue weighted by atomic mass is 9.74. The van der Waals surface area contributed by atoms with Gasteiger partial charge in [-0.2, -0.15) is 0 Å².